The number of benzene rings is 1. The van der Waals surface area contributed by atoms with E-state index in [-0.39, 0.29) is 0 Å². The maximum absolute atomic E-state index is 5.93. The Morgan fingerprint density at radius 2 is 2.27 bits per heavy atom. The number of aromatic nitrogens is 2. The third kappa shape index (κ3) is 1.22. The highest BCUT2D eigenvalue weighted by atomic mass is 127. The van der Waals surface area contributed by atoms with Gasteiger partial charge in [0.05, 0.1) is 16.7 Å². The molecule has 1 heterocycles. The molecule has 4 heteroatoms. The first-order valence-corrected chi connectivity index (χ1v) is 4.51. The van der Waals surface area contributed by atoms with Crippen LogP contribution in [0.5, 0.6) is 0 Å². The van der Waals surface area contributed by atoms with Gasteiger partial charge in [-0.25, -0.2) is 0 Å². The molecule has 0 aliphatic carbocycles. The fraction of sp³-hybridized carbons (Fsp3) is 0. The Morgan fingerprint density at radius 3 is 3.09 bits per heavy atom. The van der Waals surface area contributed by atoms with Gasteiger partial charge in [0.25, 0.3) is 0 Å². The van der Waals surface area contributed by atoms with Crippen LogP contribution in [0, 0.1) is 3.57 Å². The molecule has 1 N–H and O–H groups in total. The van der Waals surface area contributed by atoms with Crippen molar-refractivity contribution < 1.29 is 0 Å². The fourth-order valence-electron chi connectivity index (χ4n) is 0.980. The second-order valence-electron chi connectivity index (χ2n) is 2.22. The van der Waals surface area contributed by atoms with Gasteiger partial charge in [0.1, 0.15) is 0 Å². The minimum Gasteiger partial charge on any atom is -0.276 e. The summed E-state index contributed by atoms with van der Waals surface area (Å²) in [5.74, 6) is 0. The standard InChI is InChI=1S/C7H4ClIN2/c8-6-2-5(9)1-4-3-10-11-7(4)6/h1-3H,(H,10,11). The maximum Gasteiger partial charge on any atom is 0.0837 e. The molecule has 2 aromatic rings. The average Bonchev–Trinajstić information content (AvgIpc) is 2.34. The Balaban J connectivity index is 2.91. The van der Waals surface area contributed by atoms with Gasteiger partial charge in [0.2, 0.25) is 0 Å². The predicted molar refractivity (Wildman–Crippen MR) is 53.8 cm³/mol. The highest BCUT2D eigenvalue weighted by Crippen LogP contribution is 2.23. The van der Waals surface area contributed by atoms with Crippen molar-refractivity contribution in [1.82, 2.24) is 10.2 Å². The minimum atomic E-state index is 0.726. The second kappa shape index (κ2) is 2.64. The van der Waals surface area contributed by atoms with E-state index in [1.54, 1.807) is 6.20 Å². The largest absolute Gasteiger partial charge is 0.276 e. The Hall–Kier alpha value is -0.290. The van der Waals surface area contributed by atoms with Crippen LogP contribution >= 0.6 is 34.2 Å². The molecule has 0 amide bonds. The summed E-state index contributed by atoms with van der Waals surface area (Å²) in [6.45, 7) is 0. The average molecular weight is 278 g/mol. The van der Waals surface area contributed by atoms with Crippen LogP contribution in [0.2, 0.25) is 5.02 Å². The van der Waals surface area contributed by atoms with Crippen LogP contribution in [-0.4, -0.2) is 10.2 Å². The zero-order chi connectivity index (χ0) is 7.84. The number of hydrogen-bond donors (Lipinski definition) is 1. The molecular weight excluding hydrogens is 274 g/mol. The molecule has 0 bridgehead atoms. The summed E-state index contributed by atoms with van der Waals surface area (Å²) in [5.41, 5.74) is 0.909. The first-order valence-electron chi connectivity index (χ1n) is 3.05. The van der Waals surface area contributed by atoms with E-state index in [0.717, 1.165) is 19.5 Å². The quantitative estimate of drug-likeness (QED) is 0.738. The van der Waals surface area contributed by atoms with Gasteiger partial charge in [-0.15, -0.1) is 0 Å². The fourth-order valence-corrected chi connectivity index (χ4v) is 2.08. The molecule has 0 saturated heterocycles. The molecule has 0 atom stereocenters. The lowest BCUT2D eigenvalue weighted by molar-refractivity contribution is 1.12. The second-order valence-corrected chi connectivity index (χ2v) is 3.87. The van der Waals surface area contributed by atoms with Gasteiger partial charge in [0.15, 0.2) is 0 Å². The monoisotopic (exact) mass is 278 g/mol. The smallest absolute Gasteiger partial charge is 0.0837 e. The third-order valence-electron chi connectivity index (χ3n) is 1.47. The van der Waals surface area contributed by atoms with E-state index in [9.17, 15) is 0 Å². The lowest BCUT2D eigenvalue weighted by atomic mass is 10.3. The molecule has 0 fully saturated rings. The molecule has 0 unspecified atom stereocenters. The van der Waals surface area contributed by atoms with Crippen molar-refractivity contribution in [2.75, 3.05) is 0 Å². The van der Waals surface area contributed by atoms with Gasteiger partial charge in [-0.3, -0.25) is 5.10 Å². The number of aromatic amines is 1. The van der Waals surface area contributed by atoms with Crippen LogP contribution < -0.4 is 0 Å². The molecule has 2 rings (SSSR count). The summed E-state index contributed by atoms with van der Waals surface area (Å²) in [4.78, 5) is 0. The number of fused-ring (bicyclic) bond motifs is 1. The topological polar surface area (TPSA) is 28.7 Å². The van der Waals surface area contributed by atoms with Crippen LogP contribution in [0.4, 0.5) is 0 Å². The summed E-state index contributed by atoms with van der Waals surface area (Å²) >= 11 is 8.15. The first kappa shape index (κ1) is 7.36. The summed E-state index contributed by atoms with van der Waals surface area (Å²) in [7, 11) is 0. The lowest BCUT2D eigenvalue weighted by Gasteiger charge is -1.93. The van der Waals surface area contributed by atoms with E-state index in [2.05, 4.69) is 32.8 Å². The number of hydrogen-bond acceptors (Lipinski definition) is 1. The van der Waals surface area contributed by atoms with Crippen LogP contribution in [-0.2, 0) is 0 Å². The van der Waals surface area contributed by atoms with Gasteiger partial charge in [0, 0.05) is 8.96 Å². The van der Waals surface area contributed by atoms with Gasteiger partial charge < -0.3 is 0 Å². The summed E-state index contributed by atoms with van der Waals surface area (Å²) in [6, 6.07) is 3.94. The molecular formula is C7H4ClIN2. The van der Waals surface area contributed by atoms with Gasteiger partial charge in [-0.2, -0.15) is 5.10 Å². The Morgan fingerprint density at radius 1 is 1.45 bits per heavy atom. The molecule has 0 spiro atoms. The normalized spacial score (nSPS) is 10.7. The summed E-state index contributed by atoms with van der Waals surface area (Å²) < 4.78 is 1.13. The third-order valence-corrected chi connectivity index (χ3v) is 2.39. The van der Waals surface area contributed by atoms with E-state index in [4.69, 9.17) is 11.6 Å². The number of nitrogens with one attached hydrogen (secondary N) is 1. The highest BCUT2D eigenvalue weighted by Gasteiger charge is 2.01. The van der Waals surface area contributed by atoms with Gasteiger partial charge in [-0.1, -0.05) is 11.6 Å². The minimum absolute atomic E-state index is 0.726. The zero-order valence-corrected chi connectivity index (χ0v) is 8.35. The molecule has 11 heavy (non-hydrogen) atoms. The molecule has 0 radical (unpaired) electrons. The van der Waals surface area contributed by atoms with Crippen molar-refractivity contribution in [3.05, 3.63) is 26.9 Å². The summed E-state index contributed by atoms with van der Waals surface area (Å²) in [5, 5.41) is 8.50. The maximum atomic E-state index is 5.93. The lowest BCUT2D eigenvalue weighted by Crippen LogP contribution is -1.73. The Labute approximate surface area is 82.1 Å². The Bertz CT molecular complexity index is 396. The van der Waals surface area contributed by atoms with Crippen LogP contribution in [0.25, 0.3) is 10.9 Å². The molecule has 0 aliphatic rings. The molecule has 2 nitrogen and oxygen atoms in total. The van der Waals surface area contributed by atoms with Crippen LogP contribution in [0.3, 0.4) is 0 Å². The van der Waals surface area contributed by atoms with E-state index in [0.29, 0.717) is 0 Å². The molecule has 0 aliphatic heterocycles. The molecule has 56 valence electrons. The number of nitrogens with zero attached hydrogens (tertiary/aromatic N) is 1. The van der Waals surface area contributed by atoms with Crippen molar-refractivity contribution in [1.29, 1.82) is 0 Å². The van der Waals surface area contributed by atoms with Gasteiger partial charge >= 0.3 is 0 Å². The highest BCUT2D eigenvalue weighted by molar-refractivity contribution is 14.1. The number of halogens is 2. The summed E-state index contributed by atoms with van der Waals surface area (Å²) in [6.07, 6.45) is 1.77. The van der Waals surface area contributed by atoms with E-state index in [1.165, 1.54) is 0 Å². The first-order chi connectivity index (χ1) is 5.27. The van der Waals surface area contributed by atoms with Crippen molar-refractivity contribution in [2.45, 2.75) is 0 Å². The van der Waals surface area contributed by atoms with Gasteiger partial charge in [-0.05, 0) is 34.7 Å². The predicted octanol–water partition coefficient (Wildman–Crippen LogP) is 2.82. The van der Waals surface area contributed by atoms with E-state index in [1.807, 2.05) is 12.1 Å². The molecule has 1 aromatic heterocycles. The number of H-pyrrole nitrogens is 1. The molecule has 0 saturated carbocycles. The van der Waals surface area contributed by atoms with Crippen molar-refractivity contribution in [3.63, 3.8) is 0 Å². The number of rotatable bonds is 0. The molecule has 1 aromatic carbocycles. The zero-order valence-electron chi connectivity index (χ0n) is 5.44. The van der Waals surface area contributed by atoms with Crippen LogP contribution in [0.1, 0.15) is 0 Å². The van der Waals surface area contributed by atoms with Crippen molar-refractivity contribution in [3.8, 4) is 0 Å². The van der Waals surface area contributed by atoms with E-state index < -0.39 is 0 Å². The van der Waals surface area contributed by atoms with Crippen LogP contribution in [0.15, 0.2) is 18.3 Å². The van der Waals surface area contributed by atoms with Crippen molar-refractivity contribution in [2.24, 2.45) is 0 Å². The SMILES string of the molecule is Clc1cc(I)cc2cn[nH]c12. The van der Waals surface area contributed by atoms with E-state index >= 15 is 0 Å². The van der Waals surface area contributed by atoms with Crippen molar-refractivity contribution >= 4 is 45.1 Å². The Kier molecular flexibility index (Phi) is 1.77.